The highest BCUT2D eigenvalue weighted by Gasteiger charge is 2.53. The molecule has 0 spiro atoms. The van der Waals surface area contributed by atoms with Crippen LogP contribution in [-0.4, -0.2) is 49.4 Å². The van der Waals surface area contributed by atoms with Crippen molar-refractivity contribution in [2.75, 3.05) is 18.5 Å². The molecule has 0 bridgehead atoms. The van der Waals surface area contributed by atoms with E-state index >= 15 is 0 Å². The molecule has 3 amide bonds. The number of hydrogen-bond acceptors (Lipinski definition) is 4. The maximum atomic E-state index is 13.5. The molecule has 8 heteroatoms. The lowest BCUT2D eigenvalue weighted by Crippen LogP contribution is -2.67. The molecule has 0 aliphatic carbocycles. The molecular formula is C24H30N5O3+. The van der Waals surface area contributed by atoms with E-state index in [1.165, 1.54) is 0 Å². The Kier molecular flexibility index (Phi) is 6.23. The van der Waals surface area contributed by atoms with Gasteiger partial charge in [0.05, 0.1) is 25.2 Å². The van der Waals surface area contributed by atoms with Gasteiger partial charge in [0.1, 0.15) is 12.1 Å². The smallest absolute Gasteiger partial charge is 0.336 e. The van der Waals surface area contributed by atoms with Gasteiger partial charge in [-0.2, -0.15) is 4.90 Å². The van der Waals surface area contributed by atoms with Crippen molar-refractivity contribution in [3.05, 3.63) is 59.8 Å². The van der Waals surface area contributed by atoms with Crippen LogP contribution in [0.4, 0.5) is 5.82 Å². The predicted octanol–water partition coefficient (Wildman–Crippen LogP) is 0.258. The second-order valence-corrected chi connectivity index (χ2v) is 8.53. The minimum absolute atomic E-state index is 0.0782. The van der Waals surface area contributed by atoms with Gasteiger partial charge < -0.3 is 16.0 Å². The Balaban J connectivity index is 1.51. The second kappa shape index (κ2) is 9.08. The second-order valence-electron chi connectivity index (χ2n) is 8.53. The number of carbonyl (C=O) groups excluding carboxylic acids is 3. The van der Waals surface area contributed by atoms with Crippen molar-refractivity contribution in [2.45, 2.75) is 50.9 Å². The van der Waals surface area contributed by atoms with Crippen molar-refractivity contribution >= 4 is 23.5 Å². The third-order valence-electron chi connectivity index (χ3n) is 6.42. The minimum atomic E-state index is -0.674. The highest BCUT2D eigenvalue weighted by atomic mass is 16.2. The molecule has 168 valence electrons. The lowest BCUT2D eigenvalue weighted by molar-refractivity contribution is -0.711. The highest BCUT2D eigenvalue weighted by molar-refractivity contribution is 6.01. The number of pyridine rings is 1. The van der Waals surface area contributed by atoms with Crippen molar-refractivity contribution in [1.29, 1.82) is 0 Å². The van der Waals surface area contributed by atoms with Gasteiger partial charge in [0.15, 0.2) is 6.04 Å². The summed E-state index contributed by atoms with van der Waals surface area (Å²) in [5.74, 6) is 0.427. The zero-order valence-electron chi connectivity index (χ0n) is 18.7. The third kappa shape index (κ3) is 4.10. The summed E-state index contributed by atoms with van der Waals surface area (Å²) in [5, 5.41) is 8.81. The van der Waals surface area contributed by atoms with Crippen LogP contribution < -0.4 is 25.4 Å². The van der Waals surface area contributed by atoms with Gasteiger partial charge in [-0.25, -0.2) is 9.36 Å². The third-order valence-corrected chi connectivity index (χ3v) is 6.42. The largest absolute Gasteiger partial charge is 0.352 e. The van der Waals surface area contributed by atoms with Crippen LogP contribution in [-0.2, 0) is 27.2 Å². The van der Waals surface area contributed by atoms with Gasteiger partial charge in [0.2, 0.25) is 11.8 Å². The molecule has 0 saturated carbocycles. The molecule has 4 atom stereocenters. The first-order valence-corrected chi connectivity index (χ1v) is 11.0. The number of benzene rings is 1. The molecule has 8 nitrogen and oxygen atoms in total. The zero-order valence-corrected chi connectivity index (χ0v) is 18.7. The monoisotopic (exact) mass is 436 g/mol. The molecule has 4 rings (SSSR count). The van der Waals surface area contributed by atoms with Gasteiger partial charge >= 0.3 is 5.91 Å². The van der Waals surface area contributed by atoms with Crippen molar-refractivity contribution in [3.63, 3.8) is 0 Å². The number of likely N-dealkylation sites (N-methyl/N-ethyl adjacent to an activating group) is 1. The number of nitrogens with one attached hydrogen (secondary N) is 3. The van der Waals surface area contributed by atoms with Gasteiger partial charge in [0, 0.05) is 12.0 Å². The standard InChI is InChI=1S/C24H29N5O3/c1-15(25-3)22(31)27-21-16(2)28-11-7-10-18-13-19(29(23(18)28)24(21)32)14-26-20(30)12-17-8-5-4-6-9-17/h4-11,15-16,19,21,25H,12-14H2,1-3H3,(H-,26,27,30,31)/p+1. The van der Waals surface area contributed by atoms with Crippen LogP contribution in [0.15, 0.2) is 48.7 Å². The fourth-order valence-corrected chi connectivity index (χ4v) is 4.48. The summed E-state index contributed by atoms with van der Waals surface area (Å²) in [4.78, 5) is 40.3. The van der Waals surface area contributed by atoms with Crippen molar-refractivity contribution in [2.24, 2.45) is 0 Å². The summed E-state index contributed by atoms with van der Waals surface area (Å²) in [6.45, 7) is 4.06. The first-order valence-electron chi connectivity index (χ1n) is 11.0. The Labute approximate surface area is 188 Å². The maximum absolute atomic E-state index is 13.5. The van der Waals surface area contributed by atoms with E-state index in [4.69, 9.17) is 0 Å². The molecule has 2 aliphatic rings. The van der Waals surface area contributed by atoms with Gasteiger partial charge in [0.25, 0.3) is 5.82 Å². The quantitative estimate of drug-likeness (QED) is 0.543. The summed E-state index contributed by atoms with van der Waals surface area (Å²) >= 11 is 0. The average molecular weight is 437 g/mol. The molecule has 0 saturated heterocycles. The average Bonchev–Trinajstić information content (AvgIpc) is 3.18. The molecule has 0 radical (unpaired) electrons. The summed E-state index contributed by atoms with van der Waals surface area (Å²) in [6.07, 6.45) is 2.90. The summed E-state index contributed by atoms with van der Waals surface area (Å²) in [6, 6.07) is 12.1. The van der Waals surface area contributed by atoms with Crippen LogP contribution in [0.3, 0.4) is 0 Å². The molecular weight excluding hydrogens is 406 g/mol. The molecule has 4 unspecified atom stereocenters. The topological polar surface area (TPSA) is 94.4 Å². The van der Waals surface area contributed by atoms with E-state index in [1.54, 1.807) is 18.9 Å². The van der Waals surface area contributed by atoms with E-state index in [1.807, 2.05) is 55.6 Å². The molecule has 3 heterocycles. The molecule has 3 N–H and O–H groups in total. The molecule has 32 heavy (non-hydrogen) atoms. The Bertz CT molecular complexity index is 1030. The van der Waals surface area contributed by atoms with Crippen LogP contribution in [0.1, 0.15) is 31.0 Å². The Morgan fingerprint density at radius 2 is 1.94 bits per heavy atom. The lowest BCUT2D eigenvalue weighted by Gasteiger charge is -2.33. The number of rotatable bonds is 7. The Morgan fingerprint density at radius 3 is 2.66 bits per heavy atom. The predicted molar refractivity (Wildman–Crippen MR) is 120 cm³/mol. The van der Waals surface area contributed by atoms with Crippen LogP contribution in [0.5, 0.6) is 0 Å². The first kappa shape index (κ1) is 22.0. The molecule has 2 aliphatic heterocycles. The fraction of sp³-hybridized carbons (Fsp3) is 0.417. The van der Waals surface area contributed by atoms with Crippen LogP contribution in [0, 0.1) is 0 Å². The normalized spacial score (nSPS) is 22.3. The highest BCUT2D eigenvalue weighted by Crippen LogP contribution is 2.34. The van der Waals surface area contributed by atoms with Crippen LogP contribution >= 0.6 is 0 Å². The zero-order chi connectivity index (χ0) is 22.8. The number of anilines is 1. The van der Waals surface area contributed by atoms with Gasteiger partial charge in [-0.15, -0.1) is 0 Å². The number of hydrogen-bond donors (Lipinski definition) is 3. The summed E-state index contributed by atoms with van der Waals surface area (Å²) in [5.41, 5.74) is 2.02. The van der Waals surface area contributed by atoms with E-state index in [-0.39, 0.29) is 29.8 Å². The van der Waals surface area contributed by atoms with Gasteiger partial charge in [-0.05, 0) is 38.6 Å². The number of nitrogens with zero attached hydrogens (tertiary/aromatic N) is 2. The van der Waals surface area contributed by atoms with E-state index in [9.17, 15) is 14.4 Å². The lowest BCUT2D eigenvalue weighted by atomic mass is 10.0. The van der Waals surface area contributed by atoms with Gasteiger partial charge in [-0.1, -0.05) is 30.3 Å². The minimum Gasteiger partial charge on any atom is -0.352 e. The van der Waals surface area contributed by atoms with Gasteiger partial charge in [-0.3, -0.25) is 9.59 Å². The van der Waals surface area contributed by atoms with E-state index in [0.717, 1.165) is 16.9 Å². The Hall–Kier alpha value is -3.26. The van der Waals surface area contributed by atoms with Crippen LogP contribution in [0.2, 0.25) is 0 Å². The maximum Gasteiger partial charge on any atom is 0.336 e. The fourth-order valence-electron chi connectivity index (χ4n) is 4.48. The van der Waals surface area contributed by atoms with Crippen molar-refractivity contribution < 1.29 is 19.0 Å². The molecule has 0 fully saturated rings. The van der Waals surface area contributed by atoms with Crippen molar-refractivity contribution in [1.82, 2.24) is 16.0 Å². The number of carbonyl (C=O) groups is 3. The first-order chi connectivity index (χ1) is 15.4. The number of amides is 3. The summed E-state index contributed by atoms with van der Waals surface area (Å²) < 4.78 is 2.05. The summed E-state index contributed by atoms with van der Waals surface area (Å²) in [7, 11) is 1.71. The van der Waals surface area contributed by atoms with E-state index < -0.39 is 12.1 Å². The Morgan fingerprint density at radius 1 is 1.19 bits per heavy atom. The van der Waals surface area contributed by atoms with E-state index in [0.29, 0.717) is 19.4 Å². The molecule has 1 aromatic heterocycles. The van der Waals surface area contributed by atoms with Crippen molar-refractivity contribution in [3.8, 4) is 0 Å². The van der Waals surface area contributed by atoms with Crippen LogP contribution in [0.25, 0.3) is 0 Å². The van der Waals surface area contributed by atoms with E-state index in [2.05, 4.69) is 20.5 Å². The molecule has 1 aromatic carbocycles. The SMILES string of the molecule is CNC(C)C(=O)NC1C(=O)N2c3c(ccc[n+]3C1C)CC2CNC(=O)Cc1ccccc1. The molecule has 2 aromatic rings. The number of aromatic nitrogens is 1.